The number of nitrogens with zero attached hydrogens (tertiary/aromatic N) is 3. The summed E-state index contributed by atoms with van der Waals surface area (Å²) in [5.41, 5.74) is 0.809. The largest absolute Gasteiger partial charge is 0.497 e. The molecule has 0 saturated carbocycles. The summed E-state index contributed by atoms with van der Waals surface area (Å²) in [5.74, 6) is 0.657. The number of carboxylic acid groups (broad SMARTS) is 1. The molecule has 0 bridgehead atoms. The molecule has 2 aliphatic rings. The fourth-order valence-electron chi connectivity index (χ4n) is 5.90. The molecule has 0 unspecified atom stereocenters. The minimum atomic E-state index is -1.08. The molecule has 1 saturated heterocycles. The summed E-state index contributed by atoms with van der Waals surface area (Å²) in [7, 11) is 1.47. The summed E-state index contributed by atoms with van der Waals surface area (Å²) < 4.78 is 23.9. The van der Waals surface area contributed by atoms with E-state index in [1.165, 1.54) is 19.2 Å². The van der Waals surface area contributed by atoms with Gasteiger partial charge in [-0.25, -0.2) is 9.59 Å². The number of likely N-dealkylation sites (tertiary alicyclic amines) is 1. The van der Waals surface area contributed by atoms with E-state index in [0.717, 1.165) is 31.5 Å². The van der Waals surface area contributed by atoms with E-state index in [1.54, 1.807) is 16.7 Å². The number of methoxy groups -OCH3 is 1. The van der Waals surface area contributed by atoms with Crippen molar-refractivity contribution in [2.75, 3.05) is 40.0 Å². The fourth-order valence-corrected chi connectivity index (χ4v) is 5.90. The van der Waals surface area contributed by atoms with Gasteiger partial charge in [0.25, 0.3) is 5.56 Å². The van der Waals surface area contributed by atoms with Crippen LogP contribution in [-0.4, -0.2) is 83.1 Å². The second kappa shape index (κ2) is 12.5. The fraction of sp³-hybridized carbons (Fsp3) is 0.469. The van der Waals surface area contributed by atoms with Crippen LogP contribution >= 0.6 is 0 Å². The second-order valence-corrected chi connectivity index (χ2v) is 11.9. The molecule has 1 N–H and O–H groups in total. The number of aromatic carboxylic acids is 1. The van der Waals surface area contributed by atoms with Crippen LogP contribution in [0.4, 0.5) is 4.79 Å². The van der Waals surface area contributed by atoms with Gasteiger partial charge >= 0.3 is 12.1 Å². The van der Waals surface area contributed by atoms with E-state index >= 15 is 0 Å². The number of amides is 1. The highest BCUT2D eigenvalue weighted by Gasteiger charge is 2.36. The lowest BCUT2D eigenvalue weighted by atomic mass is 9.97. The number of carbonyl (C=O) groups is 2. The van der Waals surface area contributed by atoms with Gasteiger partial charge in [-0.15, -0.1) is 0 Å². The summed E-state index contributed by atoms with van der Waals surface area (Å²) in [6, 6.07) is 11.7. The first kappa shape index (κ1) is 30.2. The average molecular weight is 594 g/mol. The summed E-state index contributed by atoms with van der Waals surface area (Å²) >= 11 is 0. The Morgan fingerprint density at radius 1 is 1.00 bits per heavy atom. The number of hydrogen-bond donors (Lipinski definition) is 1. The first-order valence-electron chi connectivity index (χ1n) is 14.6. The minimum Gasteiger partial charge on any atom is -0.497 e. The number of pyridine rings is 1. The number of rotatable bonds is 8. The predicted octanol–water partition coefficient (Wildman–Crippen LogP) is 4.38. The maximum absolute atomic E-state index is 13.4. The van der Waals surface area contributed by atoms with Crippen LogP contribution in [0.1, 0.15) is 49.5 Å². The van der Waals surface area contributed by atoms with Crippen LogP contribution in [0.25, 0.3) is 10.9 Å². The Hall–Kier alpha value is -4.25. The average Bonchev–Trinajstić information content (AvgIpc) is 2.98. The third kappa shape index (κ3) is 6.72. The molecular formula is C32H39N3O8. The molecular weight excluding hydrogens is 554 g/mol. The summed E-state index contributed by atoms with van der Waals surface area (Å²) in [6.07, 6.45) is 1.17. The number of carbonyl (C=O) groups excluding carboxylic acids is 1. The highest BCUT2D eigenvalue weighted by atomic mass is 16.6. The van der Waals surface area contributed by atoms with E-state index in [4.69, 9.17) is 18.9 Å². The number of hydrogen-bond acceptors (Lipinski definition) is 8. The molecule has 3 aromatic rings. The third-order valence-electron chi connectivity index (χ3n) is 8.00. The van der Waals surface area contributed by atoms with Crippen molar-refractivity contribution in [3.05, 3.63) is 63.9 Å². The van der Waals surface area contributed by atoms with E-state index in [1.807, 2.05) is 43.9 Å². The zero-order chi connectivity index (χ0) is 30.7. The molecule has 1 aromatic heterocycles. The zero-order valence-electron chi connectivity index (χ0n) is 25.1. The predicted molar refractivity (Wildman–Crippen MR) is 160 cm³/mol. The lowest BCUT2D eigenvalue weighted by Crippen LogP contribution is -2.55. The summed E-state index contributed by atoms with van der Waals surface area (Å²) in [5, 5.41) is 10.2. The SMILES string of the molecule is COc1cc(C(=O)O)c2ccc(=O)n(CCN3CCC(N(C(=O)OCc4ccc5c(c4)OCCO5)C(C)(C)C)CC3)c2c1. The quantitative estimate of drug-likeness (QED) is 0.406. The van der Waals surface area contributed by atoms with E-state index in [-0.39, 0.29) is 29.9 Å². The van der Waals surface area contributed by atoms with Crippen molar-refractivity contribution in [1.82, 2.24) is 14.4 Å². The number of fused-ring (bicyclic) bond motifs is 2. The lowest BCUT2D eigenvalue weighted by Gasteiger charge is -2.44. The van der Waals surface area contributed by atoms with Gasteiger partial charge in [-0.05, 0) is 63.4 Å². The highest BCUT2D eigenvalue weighted by molar-refractivity contribution is 6.03. The van der Waals surface area contributed by atoms with Crippen molar-refractivity contribution in [3.63, 3.8) is 0 Å². The molecule has 11 heteroatoms. The van der Waals surface area contributed by atoms with Gasteiger partial charge in [-0.1, -0.05) is 6.07 Å². The van der Waals surface area contributed by atoms with Gasteiger partial charge < -0.3 is 38.4 Å². The molecule has 5 rings (SSSR count). The topological polar surface area (TPSA) is 120 Å². The van der Waals surface area contributed by atoms with Gasteiger partial charge in [-0.2, -0.15) is 0 Å². The zero-order valence-corrected chi connectivity index (χ0v) is 25.1. The molecule has 0 aliphatic carbocycles. The van der Waals surface area contributed by atoms with Crippen molar-refractivity contribution in [2.24, 2.45) is 0 Å². The van der Waals surface area contributed by atoms with Crippen LogP contribution in [0.2, 0.25) is 0 Å². The van der Waals surface area contributed by atoms with Gasteiger partial charge in [0.1, 0.15) is 25.6 Å². The maximum Gasteiger partial charge on any atom is 0.410 e. The first-order valence-corrected chi connectivity index (χ1v) is 14.6. The minimum absolute atomic E-state index is 0.00619. The first-order chi connectivity index (χ1) is 20.5. The molecule has 11 nitrogen and oxygen atoms in total. The Morgan fingerprint density at radius 2 is 1.72 bits per heavy atom. The molecule has 2 aromatic carbocycles. The molecule has 0 radical (unpaired) electrons. The molecule has 1 fully saturated rings. The second-order valence-electron chi connectivity index (χ2n) is 11.9. The van der Waals surface area contributed by atoms with Crippen molar-refractivity contribution in [1.29, 1.82) is 0 Å². The van der Waals surface area contributed by atoms with Crippen LogP contribution in [0.5, 0.6) is 17.2 Å². The van der Waals surface area contributed by atoms with Crippen molar-refractivity contribution < 1.29 is 33.6 Å². The Kier molecular flexibility index (Phi) is 8.82. The van der Waals surface area contributed by atoms with Crippen molar-refractivity contribution >= 4 is 23.0 Å². The number of piperidine rings is 1. The van der Waals surface area contributed by atoms with E-state index in [9.17, 15) is 19.5 Å². The Morgan fingerprint density at radius 3 is 2.40 bits per heavy atom. The maximum atomic E-state index is 13.4. The van der Waals surface area contributed by atoms with Crippen LogP contribution < -0.4 is 19.8 Å². The van der Waals surface area contributed by atoms with E-state index in [0.29, 0.717) is 54.5 Å². The normalized spacial score (nSPS) is 15.7. The van der Waals surface area contributed by atoms with Crippen molar-refractivity contribution in [3.8, 4) is 17.2 Å². The van der Waals surface area contributed by atoms with E-state index in [2.05, 4.69) is 4.90 Å². The molecule has 230 valence electrons. The Bertz CT molecular complexity index is 1550. The molecule has 1 amide bonds. The van der Waals surface area contributed by atoms with Crippen LogP contribution in [0, 0.1) is 0 Å². The van der Waals surface area contributed by atoms with Crippen LogP contribution in [-0.2, 0) is 17.9 Å². The number of carboxylic acids is 1. The third-order valence-corrected chi connectivity index (χ3v) is 8.00. The summed E-state index contributed by atoms with van der Waals surface area (Å²) in [6.45, 7) is 9.67. The molecule has 0 atom stereocenters. The standard InChI is InChI=1S/C32H39N3O8/c1-32(2,3)35(31(39)43-20-21-5-7-27-28(17-21)42-16-15-41-27)22-9-11-33(12-10-22)13-14-34-26-19-23(40-4)18-25(30(37)38)24(26)6-8-29(34)36/h5-8,17-19,22H,9-16,20H2,1-4H3,(H,37,38). The van der Waals surface area contributed by atoms with Crippen LogP contribution in [0.3, 0.4) is 0 Å². The van der Waals surface area contributed by atoms with Gasteiger partial charge in [0, 0.05) is 55.3 Å². The monoisotopic (exact) mass is 593 g/mol. The molecule has 0 spiro atoms. The van der Waals surface area contributed by atoms with E-state index < -0.39 is 11.5 Å². The van der Waals surface area contributed by atoms with Gasteiger partial charge in [-0.3, -0.25) is 4.79 Å². The number of aromatic nitrogens is 1. The van der Waals surface area contributed by atoms with Gasteiger partial charge in [0.15, 0.2) is 11.5 Å². The Balaban J connectivity index is 1.22. The van der Waals surface area contributed by atoms with Crippen molar-refractivity contribution in [2.45, 2.75) is 58.3 Å². The number of ether oxygens (including phenoxy) is 4. The molecule has 3 heterocycles. The van der Waals surface area contributed by atoms with Gasteiger partial charge in [0.05, 0.1) is 18.2 Å². The molecule has 43 heavy (non-hydrogen) atoms. The van der Waals surface area contributed by atoms with Crippen LogP contribution in [0.15, 0.2) is 47.3 Å². The van der Waals surface area contributed by atoms with Gasteiger partial charge in [0.2, 0.25) is 0 Å². The Labute approximate surface area is 250 Å². The smallest absolute Gasteiger partial charge is 0.410 e. The highest BCUT2D eigenvalue weighted by Crippen LogP contribution is 2.32. The molecule has 2 aliphatic heterocycles. The lowest BCUT2D eigenvalue weighted by molar-refractivity contribution is 0.0196. The number of benzene rings is 2. The summed E-state index contributed by atoms with van der Waals surface area (Å²) in [4.78, 5) is 42.2.